The molecule has 182 valence electrons. The molecule has 0 spiro atoms. The van der Waals surface area contributed by atoms with Crippen LogP contribution in [0.15, 0.2) is 64.4 Å². The Balaban J connectivity index is 1.87. The SMILES string of the molecule is CN(c1ccc(Br)cc1)S(=O)(=O)c1cc(NC(=O)c2c[nH]cn2)ccc1OCCCCCCBr. The second-order valence-corrected chi connectivity index (χ2v) is 11.1. The van der Waals surface area contributed by atoms with Crippen molar-refractivity contribution in [3.8, 4) is 5.75 Å². The summed E-state index contributed by atoms with van der Waals surface area (Å²) in [6, 6.07) is 11.5. The van der Waals surface area contributed by atoms with Gasteiger partial charge in [-0.25, -0.2) is 13.4 Å². The third-order valence-electron chi connectivity index (χ3n) is 5.05. The Morgan fingerprint density at radius 1 is 1.12 bits per heavy atom. The number of halogens is 2. The highest BCUT2D eigenvalue weighted by molar-refractivity contribution is 9.10. The van der Waals surface area contributed by atoms with E-state index in [0.29, 0.717) is 18.0 Å². The Morgan fingerprint density at radius 2 is 1.85 bits per heavy atom. The molecule has 34 heavy (non-hydrogen) atoms. The predicted octanol–water partition coefficient (Wildman–Crippen LogP) is 5.58. The molecule has 0 fully saturated rings. The first-order chi connectivity index (χ1) is 16.3. The van der Waals surface area contributed by atoms with E-state index in [1.165, 1.54) is 29.9 Å². The second-order valence-electron chi connectivity index (χ2n) is 7.47. The predicted molar refractivity (Wildman–Crippen MR) is 140 cm³/mol. The maximum Gasteiger partial charge on any atom is 0.275 e. The smallest absolute Gasteiger partial charge is 0.275 e. The summed E-state index contributed by atoms with van der Waals surface area (Å²) in [6.07, 6.45) is 6.82. The number of amides is 1. The third-order valence-corrected chi connectivity index (χ3v) is 7.94. The van der Waals surface area contributed by atoms with E-state index in [0.717, 1.165) is 35.5 Å². The van der Waals surface area contributed by atoms with E-state index < -0.39 is 15.9 Å². The summed E-state index contributed by atoms with van der Waals surface area (Å²) >= 11 is 6.78. The molecule has 1 heterocycles. The number of sulfonamides is 1. The van der Waals surface area contributed by atoms with Crippen molar-refractivity contribution in [2.75, 3.05) is 28.6 Å². The van der Waals surface area contributed by atoms with Crippen LogP contribution in [0.4, 0.5) is 11.4 Å². The van der Waals surface area contributed by atoms with Crippen molar-refractivity contribution in [3.05, 3.63) is 65.2 Å². The number of rotatable bonds is 12. The number of benzene rings is 2. The van der Waals surface area contributed by atoms with E-state index in [-0.39, 0.29) is 16.3 Å². The Morgan fingerprint density at radius 3 is 2.53 bits per heavy atom. The minimum atomic E-state index is -3.99. The maximum atomic E-state index is 13.6. The molecular weight excluding hydrogens is 588 g/mol. The normalized spacial score (nSPS) is 11.3. The Labute approximate surface area is 216 Å². The topological polar surface area (TPSA) is 104 Å². The monoisotopic (exact) mass is 612 g/mol. The van der Waals surface area contributed by atoms with Gasteiger partial charge >= 0.3 is 0 Å². The van der Waals surface area contributed by atoms with Crippen molar-refractivity contribution in [2.24, 2.45) is 0 Å². The van der Waals surface area contributed by atoms with Crippen molar-refractivity contribution in [3.63, 3.8) is 0 Å². The number of anilines is 2. The first-order valence-corrected chi connectivity index (χ1v) is 14.1. The van der Waals surface area contributed by atoms with Gasteiger partial charge in [0.1, 0.15) is 16.3 Å². The van der Waals surface area contributed by atoms with Crippen LogP contribution in [0.3, 0.4) is 0 Å². The van der Waals surface area contributed by atoms with Gasteiger partial charge in [0.15, 0.2) is 0 Å². The summed E-state index contributed by atoms with van der Waals surface area (Å²) in [5, 5.41) is 3.65. The van der Waals surface area contributed by atoms with E-state index >= 15 is 0 Å². The lowest BCUT2D eigenvalue weighted by Crippen LogP contribution is -2.27. The molecule has 0 radical (unpaired) electrons. The molecule has 0 unspecified atom stereocenters. The van der Waals surface area contributed by atoms with Crippen LogP contribution in [0.25, 0.3) is 0 Å². The molecule has 3 aromatic rings. The molecule has 0 aliphatic carbocycles. The van der Waals surface area contributed by atoms with Crippen molar-refractivity contribution >= 4 is 59.2 Å². The highest BCUT2D eigenvalue weighted by atomic mass is 79.9. The molecule has 2 N–H and O–H groups in total. The van der Waals surface area contributed by atoms with Crippen LogP contribution in [0.5, 0.6) is 5.75 Å². The number of H-pyrrole nitrogens is 1. The fourth-order valence-corrected chi connectivity index (χ4v) is 5.17. The summed E-state index contributed by atoms with van der Waals surface area (Å²) in [6.45, 7) is 0.395. The number of carbonyl (C=O) groups excluding carboxylic acids is 1. The zero-order valence-corrected chi connectivity index (χ0v) is 22.6. The molecule has 3 rings (SSSR count). The molecule has 1 amide bonds. The molecule has 0 atom stereocenters. The van der Waals surface area contributed by atoms with E-state index in [1.54, 1.807) is 36.4 Å². The molecule has 0 aliphatic rings. The zero-order valence-electron chi connectivity index (χ0n) is 18.6. The molecule has 2 aromatic carbocycles. The molecule has 0 aliphatic heterocycles. The van der Waals surface area contributed by atoms with Crippen LogP contribution in [0.1, 0.15) is 36.2 Å². The first kappa shape index (κ1) is 26.2. The molecule has 0 bridgehead atoms. The van der Waals surface area contributed by atoms with Gasteiger partial charge in [-0.15, -0.1) is 0 Å². The van der Waals surface area contributed by atoms with Gasteiger partial charge < -0.3 is 15.0 Å². The largest absolute Gasteiger partial charge is 0.492 e. The third kappa shape index (κ3) is 6.83. The highest BCUT2D eigenvalue weighted by Gasteiger charge is 2.26. The number of alkyl halides is 1. The van der Waals surface area contributed by atoms with E-state index in [9.17, 15) is 13.2 Å². The number of aromatic nitrogens is 2. The standard InChI is InChI=1S/C23H26Br2N4O4S/c1-29(19-9-6-17(25)7-10-19)34(31,32)22-14-18(28-23(30)20-15-26-16-27-20)8-11-21(22)33-13-5-3-2-4-12-24/h6-11,14-16H,2-5,12-13H2,1H3,(H,26,27)(H,28,30). The lowest BCUT2D eigenvalue weighted by Gasteiger charge is -2.22. The summed E-state index contributed by atoms with van der Waals surface area (Å²) in [5.41, 5.74) is 1.01. The number of aromatic amines is 1. The van der Waals surface area contributed by atoms with Gasteiger partial charge in [0.2, 0.25) is 0 Å². The summed E-state index contributed by atoms with van der Waals surface area (Å²) in [4.78, 5) is 19.0. The van der Waals surface area contributed by atoms with Crippen LogP contribution in [0.2, 0.25) is 0 Å². The number of imidazole rings is 1. The van der Waals surface area contributed by atoms with Gasteiger partial charge in [-0.3, -0.25) is 9.10 Å². The Kier molecular flexibility index (Phi) is 9.54. The minimum Gasteiger partial charge on any atom is -0.492 e. The number of carbonyl (C=O) groups is 1. The quantitative estimate of drug-likeness (QED) is 0.205. The molecule has 0 saturated carbocycles. The van der Waals surface area contributed by atoms with Gasteiger partial charge in [-0.2, -0.15) is 0 Å². The minimum absolute atomic E-state index is 0.0294. The molecule has 0 saturated heterocycles. The number of nitrogens with zero attached hydrogens (tertiary/aromatic N) is 2. The van der Waals surface area contributed by atoms with Gasteiger partial charge in [0.25, 0.3) is 15.9 Å². The van der Waals surface area contributed by atoms with E-state index in [4.69, 9.17) is 4.74 Å². The number of ether oxygens (including phenoxy) is 1. The van der Waals surface area contributed by atoms with Gasteiger partial charge in [-0.1, -0.05) is 44.7 Å². The Bertz CT molecular complexity index is 1190. The average Bonchev–Trinajstić information content (AvgIpc) is 3.37. The number of nitrogens with one attached hydrogen (secondary N) is 2. The summed E-state index contributed by atoms with van der Waals surface area (Å²) < 4.78 is 35.1. The lowest BCUT2D eigenvalue weighted by molar-refractivity contribution is 0.102. The molecule has 8 nitrogen and oxygen atoms in total. The second kappa shape index (κ2) is 12.4. The number of hydrogen-bond donors (Lipinski definition) is 2. The number of unbranched alkanes of at least 4 members (excludes halogenated alkanes) is 3. The lowest BCUT2D eigenvalue weighted by atomic mass is 10.2. The van der Waals surface area contributed by atoms with Gasteiger partial charge in [0.05, 0.1) is 18.6 Å². The fourth-order valence-electron chi connectivity index (χ4n) is 3.16. The highest BCUT2D eigenvalue weighted by Crippen LogP contribution is 2.32. The molecule has 1 aromatic heterocycles. The zero-order chi connectivity index (χ0) is 24.6. The summed E-state index contributed by atoms with van der Waals surface area (Å²) in [5.74, 6) is -0.214. The Hall–Kier alpha value is -2.37. The molecular formula is C23H26Br2N4O4S. The van der Waals surface area contributed by atoms with Gasteiger partial charge in [0, 0.05) is 28.7 Å². The van der Waals surface area contributed by atoms with Crippen LogP contribution in [-0.4, -0.2) is 43.3 Å². The van der Waals surface area contributed by atoms with E-state index in [2.05, 4.69) is 47.1 Å². The average molecular weight is 614 g/mol. The van der Waals surface area contributed by atoms with Crippen LogP contribution in [0, 0.1) is 0 Å². The first-order valence-electron chi connectivity index (χ1n) is 10.7. The fraction of sp³-hybridized carbons (Fsp3) is 0.304. The van der Waals surface area contributed by atoms with Crippen LogP contribution < -0.4 is 14.4 Å². The maximum absolute atomic E-state index is 13.6. The van der Waals surface area contributed by atoms with Crippen molar-refractivity contribution < 1.29 is 17.9 Å². The number of hydrogen-bond acceptors (Lipinski definition) is 5. The van der Waals surface area contributed by atoms with Crippen molar-refractivity contribution in [1.82, 2.24) is 9.97 Å². The van der Waals surface area contributed by atoms with Crippen molar-refractivity contribution in [1.29, 1.82) is 0 Å². The van der Waals surface area contributed by atoms with Crippen LogP contribution >= 0.6 is 31.9 Å². The summed E-state index contributed by atoms with van der Waals surface area (Å²) in [7, 11) is -2.50. The molecule has 11 heteroatoms. The van der Waals surface area contributed by atoms with E-state index in [1.807, 2.05) is 0 Å². The van der Waals surface area contributed by atoms with Crippen molar-refractivity contribution in [2.45, 2.75) is 30.6 Å². The van der Waals surface area contributed by atoms with Gasteiger partial charge in [-0.05, 0) is 55.3 Å². The van der Waals surface area contributed by atoms with Crippen LogP contribution in [-0.2, 0) is 10.0 Å².